The maximum absolute atomic E-state index is 3.57. The first-order valence-electron chi connectivity index (χ1n) is 7.75. The largest absolute Gasteiger partial charge is 0.312 e. The number of thiophene rings is 1. The molecule has 0 aliphatic heterocycles. The van der Waals surface area contributed by atoms with Crippen molar-refractivity contribution >= 4 is 21.4 Å². The van der Waals surface area contributed by atoms with Crippen LogP contribution in [0.25, 0.3) is 10.1 Å². The van der Waals surface area contributed by atoms with Crippen molar-refractivity contribution in [3.8, 4) is 0 Å². The van der Waals surface area contributed by atoms with Crippen LogP contribution in [-0.2, 0) is 13.0 Å². The summed E-state index contributed by atoms with van der Waals surface area (Å²) in [5.74, 6) is 0.707. The number of benzene rings is 1. The predicted octanol–water partition coefficient (Wildman–Crippen LogP) is 5.22. The van der Waals surface area contributed by atoms with Crippen LogP contribution in [0.4, 0.5) is 0 Å². The van der Waals surface area contributed by atoms with E-state index in [9.17, 15) is 0 Å². The van der Waals surface area contributed by atoms with Crippen LogP contribution in [-0.4, -0.2) is 6.54 Å². The highest BCUT2D eigenvalue weighted by Crippen LogP contribution is 2.36. The zero-order chi connectivity index (χ0) is 14.7. The third kappa shape index (κ3) is 3.42. The fourth-order valence-electron chi connectivity index (χ4n) is 2.80. The standard InChI is InChI=1S/C18H27NS/c1-6-7-19-11-17-15(8-12(2)3)16-10-13(4)9-14(5)18(16)20-17/h9-10,12,19H,6-8,11H2,1-5H3. The van der Waals surface area contributed by atoms with Gasteiger partial charge in [0, 0.05) is 16.1 Å². The van der Waals surface area contributed by atoms with E-state index in [2.05, 4.69) is 52.1 Å². The fraction of sp³-hybridized carbons (Fsp3) is 0.556. The molecular weight excluding hydrogens is 262 g/mol. The summed E-state index contributed by atoms with van der Waals surface area (Å²) in [6.45, 7) is 13.4. The average molecular weight is 289 g/mol. The van der Waals surface area contributed by atoms with Crippen LogP contribution in [0.1, 0.15) is 48.8 Å². The Morgan fingerprint density at radius 1 is 1.20 bits per heavy atom. The molecule has 0 unspecified atom stereocenters. The van der Waals surface area contributed by atoms with Gasteiger partial charge in [0.25, 0.3) is 0 Å². The number of nitrogens with one attached hydrogen (secondary N) is 1. The maximum atomic E-state index is 3.57. The highest BCUT2D eigenvalue weighted by molar-refractivity contribution is 7.19. The monoisotopic (exact) mass is 289 g/mol. The Morgan fingerprint density at radius 2 is 1.95 bits per heavy atom. The van der Waals surface area contributed by atoms with Gasteiger partial charge >= 0.3 is 0 Å². The van der Waals surface area contributed by atoms with Gasteiger partial charge < -0.3 is 5.32 Å². The van der Waals surface area contributed by atoms with E-state index in [0.717, 1.165) is 13.1 Å². The van der Waals surface area contributed by atoms with Crippen molar-refractivity contribution in [3.63, 3.8) is 0 Å². The van der Waals surface area contributed by atoms with Gasteiger partial charge in [-0.15, -0.1) is 11.3 Å². The quantitative estimate of drug-likeness (QED) is 0.719. The van der Waals surface area contributed by atoms with E-state index in [4.69, 9.17) is 0 Å². The molecule has 0 aliphatic carbocycles. The molecule has 0 aliphatic rings. The predicted molar refractivity (Wildman–Crippen MR) is 91.8 cm³/mol. The number of hydrogen-bond donors (Lipinski definition) is 1. The zero-order valence-corrected chi connectivity index (χ0v) is 14.3. The highest BCUT2D eigenvalue weighted by atomic mass is 32.1. The molecule has 0 saturated heterocycles. The zero-order valence-electron chi connectivity index (χ0n) is 13.5. The second kappa shape index (κ2) is 6.73. The summed E-state index contributed by atoms with van der Waals surface area (Å²) in [6.07, 6.45) is 2.38. The van der Waals surface area contributed by atoms with Gasteiger partial charge in [-0.05, 0) is 55.7 Å². The summed E-state index contributed by atoms with van der Waals surface area (Å²) in [6, 6.07) is 4.68. The minimum Gasteiger partial charge on any atom is -0.312 e. The van der Waals surface area contributed by atoms with E-state index >= 15 is 0 Å². The molecule has 110 valence electrons. The normalized spacial score (nSPS) is 11.7. The molecule has 1 heterocycles. The van der Waals surface area contributed by atoms with Gasteiger partial charge in [0.1, 0.15) is 0 Å². The minimum atomic E-state index is 0.707. The molecule has 1 nitrogen and oxygen atoms in total. The van der Waals surface area contributed by atoms with Gasteiger partial charge in [0.15, 0.2) is 0 Å². The Bertz CT molecular complexity index is 581. The summed E-state index contributed by atoms with van der Waals surface area (Å²) in [5.41, 5.74) is 4.39. The Morgan fingerprint density at radius 3 is 2.60 bits per heavy atom. The molecule has 20 heavy (non-hydrogen) atoms. The molecule has 2 heteroatoms. The average Bonchev–Trinajstić information content (AvgIpc) is 2.68. The van der Waals surface area contributed by atoms with E-state index in [1.165, 1.54) is 38.9 Å². The van der Waals surface area contributed by atoms with Crippen molar-refractivity contribution in [3.05, 3.63) is 33.7 Å². The van der Waals surface area contributed by atoms with Crippen molar-refractivity contribution in [1.29, 1.82) is 0 Å². The van der Waals surface area contributed by atoms with Crippen LogP contribution in [0, 0.1) is 19.8 Å². The van der Waals surface area contributed by atoms with Crippen LogP contribution >= 0.6 is 11.3 Å². The summed E-state index contributed by atoms with van der Waals surface area (Å²) in [4.78, 5) is 1.54. The van der Waals surface area contributed by atoms with Crippen molar-refractivity contribution in [2.75, 3.05) is 6.54 Å². The minimum absolute atomic E-state index is 0.707. The summed E-state index contributed by atoms with van der Waals surface area (Å²) in [7, 11) is 0. The number of hydrogen-bond acceptors (Lipinski definition) is 2. The molecule has 0 radical (unpaired) electrons. The van der Waals surface area contributed by atoms with Crippen molar-refractivity contribution in [2.24, 2.45) is 5.92 Å². The Kier molecular flexibility index (Phi) is 5.22. The molecule has 2 aromatic rings. The van der Waals surface area contributed by atoms with Crippen molar-refractivity contribution in [1.82, 2.24) is 5.32 Å². The van der Waals surface area contributed by atoms with E-state index in [0.29, 0.717) is 5.92 Å². The second-order valence-electron chi connectivity index (χ2n) is 6.24. The van der Waals surface area contributed by atoms with E-state index < -0.39 is 0 Å². The molecule has 1 aromatic carbocycles. The molecule has 0 saturated carbocycles. The van der Waals surface area contributed by atoms with Crippen LogP contribution in [0.3, 0.4) is 0 Å². The number of aryl methyl sites for hydroxylation is 2. The van der Waals surface area contributed by atoms with Crippen LogP contribution in [0.5, 0.6) is 0 Å². The van der Waals surface area contributed by atoms with Crippen LogP contribution in [0.15, 0.2) is 12.1 Å². The Hall–Kier alpha value is -0.860. The Balaban J connectivity index is 2.46. The summed E-state index contributed by atoms with van der Waals surface area (Å²) < 4.78 is 1.49. The summed E-state index contributed by atoms with van der Waals surface area (Å²) in [5, 5.41) is 5.07. The molecule has 0 bridgehead atoms. The first-order chi connectivity index (χ1) is 9.52. The van der Waals surface area contributed by atoms with Crippen molar-refractivity contribution < 1.29 is 0 Å². The molecule has 0 amide bonds. The van der Waals surface area contributed by atoms with E-state index in [-0.39, 0.29) is 0 Å². The van der Waals surface area contributed by atoms with Gasteiger partial charge in [-0.2, -0.15) is 0 Å². The topological polar surface area (TPSA) is 12.0 Å². The van der Waals surface area contributed by atoms with Crippen molar-refractivity contribution in [2.45, 2.75) is 54.0 Å². The molecule has 1 N–H and O–H groups in total. The van der Waals surface area contributed by atoms with Crippen LogP contribution < -0.4 is 5.32 Å². The first kappa shape index (κ1) is 15.5. The second-order valence-corrected chi connectivity index (χ2v) is 7.34. The van der Waals surface area contributed by atoms with E-state index in [1.807, 2.05) is 11.3 Å². The van der Waals surface area contributed by atoms with Gasteiger partial charge in [0.2, 0.25) is 0 Å². The van der Waals surface area contributed by atoms with Gasteiger partial charge in [-0.1, -0.05) is 38.5 Å². The lowest BCUT2D eigenvalue weighted by molar-refractivity contribution is 0.636. The SMILES string of the molecule is CCCNCc1sc2c(C)cc(C)cc2c1CC(C)C. The van der Waals surface area contributed by atoms with E-state index in [1.54, 1.807) is 5.56 Å². The lowest BCUT2D eigenvalue weighted by atomic mass is 9.97. The van der Waals surface area contributed by atoms with Crippen LogP contribution in [0.2, 0.25) is 0 Å². The maximum Gasteiger partial charge on any atom is 0.0378 e. The highest BCUT2D eigenvalue weighted by Gasteiger charge is 2.14. The number of fused-ring (bicyclic) bond motifs is 1. The third-order valence-corrected chi connectivity index (χ3v) is 5.01. The first-order valence-corrected chi connectivity index (χ1v) is 8.56. The molecule has 1 aromatic heterocycles. The van der Waals surface area contributed by atoms with Gasteiger partial charge in [0.05, 0.1) is 0 Å². The molecule has 0 fully saturated rings. The smallest absolute Gasteiger partial charge is 0.0378 e. The third-order valence-electron chi connectivity index (χ3n) is 3.63. The summed E-state index contributed by atoms with van der Waals surface area (Å²) >= 11 is 1.99. The molecule has 0 atom stereocenters. The number of rotatable bonds is 6. The molecule has 0 spiro atoms. The van der Waals surface area contributed by atoms with Gasteiger partial charge in [-0.25, -0.2) is 0 Å². The van der Waals surface area contributed by atoms with Gasteiger partial charge in [-0.3, -0.25) is 0 Å². The lowest BCUT2D eigenvalue weighted by Crippen LogP contribution is -2.14. The fourth-order valence-corrected chi connectivity index (χ4v) is 4.05. The lowest BCUT2D eigenvalue weighted by Gasteiger charge is -2.09. The molecular formula is C18H27NS. The Labute approximate surface area is 127 Å². The molecule has 2 rings (SSSR count).